The predicted molar refractivity (Wildman–Crippen MR) is 143 cm³/mol. The van der Waals surface area contributed by atoms with Crippen LogP contribution in [0, 0.1) is 17.5 Å². The number of rotatable bonds is 7. The van der Waals surface area contributed by atoms with Crippen LogP contribution in [0.3, 0.4) is 0 Å². The molecule has 14 heteroatoms. The van der Waals surface area contributed by atoms with Gasteiger partial charge in [-0.15, -0.1) is 17.7 Å². The van der Waals surface area contributed by atoms with Gasteiger partial charge in [0, 0.05) is 35.3 Å². The Balaban J connectivity index is 1.79. The summed E-state index contributed by atoms with van der Waals surface area (Å²) in [5, 5.41) is 30.3. The largest absolute Gasteiger partial charge is 0.394 e. The summed E-state index contributed by atoms with van der Waals surface area (Å²) in [7, 11) is 0. The topological polar surface area (TPSA) is 110 Å². The van der Waals surface area contributed by atoms with Crippen molar-refractivity contribution in [2.75, 3.05) is 26.3 Å². The van der Waals surface area contributed by atoms with E-state index in [4.69, 9.17) is 9.47 Å². The first-order chi connectivity index (χ1) is 19.1. The van der Waals surface area contributed by atoms with Gasteiger partial charge in [-0.1, -0.05) is 21.1 Å². The quantitative estimate of drug-likeness (QED) is 0.268. The molecule has 9 nitrogen and oxygen atoms in total. The number of hydrogen-bond acceptors (Lipinski definition) is 8. The average Bonchev–Trinajstić information content (AvgIpc) is 3.39. The molecule has 2 aromatic carbocycles. The molecule has 5 atom stereocenters. The lowest BCUT2D eigenvalue weighted by atomic mass is 9.73. The van der Waals surface area contributed by atoms with Gasteiger partial charge in [-0.05, 0) is 49.2 Å². The van der Waals surface area contributed by atoms with Crippen molar-refractivity contribution >= 4 is 34.5 Å². The lowest BCUT2D eigenvalue weighted by Crippen LogP contribution is -2.68. The molecular weight excluding hydrogens is 617 g/mol. The van der Waals surface area contributed by atoms with E-state index in [0.717, 1.165) is 18.6 Å². The Bertz CT molecular complexity index is 1400. The number of aliphatic hydroxyl groups is 2. The molecule has 2 aliphatic heterocycles. The first-order valence-corrected chi connectivity index (χ1v) is 13.9. The maximum atomic E-state index is 14.1. The zero-order valence-electron chi connectivity index (χ0n) is 21.2. The minimum atomic E-state index is -1.78. The summed E-state index contributed by atoms with van der Waals surface area (Å²) < 4.78 is 55.5. The molecule has 214 valence electrons. The van der Waals surface area contributed by atoms with E-state index in [0.29, 0.717) is 17.6 Å². The second kappa shape index (κ2) is 11.4. The van der Waals surface area contributed by atoms with E-state index in [1.165, 1.54) is 10.9 Å². The summed E-state index contributed by atoms with van der Waals surface area (Å²) in [6.07, 6.45) is -1.72. The predicted octanol–water partition coefficient (Wildman–Crippen LogP) is 3.13. The van der Waals surface area contributed by atoms with E-state index in [9.17, 15) is 28.2 Å². The van der Waals surface area contributed by atoms with E-state index in [1.54, 1.807) is 30.0 Å². The summed E-state index contributed by atoms with van der Waals surface area (Å²) in [4.78, 5) is 15.3. The van der Waals surface area contributed by atoms with E-state index >= 15 is 0 Å². The number of amides is 1. The molecule has 1 aromatic heterocycles. The van der Waals surface area contributed by atoms with Gasteiger partial charge in [0.05, 0.1) is 12.8 Å². The molecule has 3 heterocycles. The first-order valence-electron chi connectivity index (χ1n) is 12.5. The van der Waals surface area contributed by atoms with Crippen LogP contribution in [0.1, 0.15) is 29.3 Å². The number of thiol groups is 1. The summed E-state index contributed by atoms with van der Waals surface area (Å²) in [6, 6.07) is 6.48. The van der Waals surface area contributed by atoms with Crippen molar-refractivity contribution in [3.05, 3.63) is 69.6 Å². The normalized spacial score (nSPS) is 26.6. The fourth-order valence-corrected chi connectivity index (χ4v) is 6.06. The Morgan fingerprint density at radius 1 is 1.25 bits per heavy atom. The molecule has 0 radical (unpaired) electrons. The summed E-state index contributed by atoms with van der Waals surface area (Å²) >= 11 is 8.03. The van der Waals surface area contributed by atoms with E-state index in [-0.39, 0.29) is 34.9 Å². The Morgan fingerprint density at radius 2 is 1.95 bits per heavy atom. The van der Waals surface area contributed by atoms with E-state index in [2.05, 4.69) is 38.9 Å². The van der Waals surface area contributed by atoms with Crippen molar-refractivity contribution in [2.24, 2.45) is 0 Å². The standard InChI is InChI=1S/C26H26BrF3N4O5S/c1-2-38-23-25(40)39-20(12-35)22(36)26(23,16-10-14(27)4-5-15(16)24(37)33-6-3-7-33)34-11-19(31-32-34)13-8-17(28)21(30)18(29)9-13/h4-5,8-11,20,22-23,25,35-36,40H,2-3,6-7,12H2,1H3/t20-,22+,23+,25-,26?/m1/s1. The van der Waals surface area contributed by atoms with Gasteiger partial charge in [-0.25, -0.2) is 17.9 Å². The molecule has 0 bridgehead atoms. The van der Waals surface area contributed by atoms with Crippen LogP contribution in [0.5, 0.6) is 0 Å². The van der Waals surface area contributed by atoms with Gasteiger partial charge in [0.25, 0.3) is 5.91 Å². The van der Waals surface area contributed by atoms with Gasteiger partial charge in [-0.2, -0.15) is 0 Å². The maximum absolute atomic E-state index is 14.1. The highest BCUT2D eigenvalue weighted by molar-refractivity contribution is 9.10. The first kappa shape index (κ1) is 29.0. The van der Waals surface area contributed by atoms with Crippen LogP contribution in [-0.4, -0.2) is 86.1 Å². The third-order valence-corrected chi connectivity index (χ3v) is 8.16. The second-order valence-electron chi connectivity index (χ2n) is 9.53. The molecule has 3 aromatic rings. The molecule has 0 saturated carbocycles. The number of nitrogens with zero attached hydrogens (tertiary/aromatic N) is 4. The van der Waals surface area contributed by atoms with Gasteiger partial charge in [-0.3, -0.25) is 4.79 Å². The van der Waals surface area contributed by atoms with Crippen molar-refractivity contribution in [1.29, 1.82) is 0 Å². The van der Waals surface area contributed by atoms with Crippen LogP contribution in [0.2, 0.25) is 0 Å². The summed E-state index contributed by atoms with van der Waals surface area (Å²) in [5.41, 5.74) is -2.46. The molecule has 1 unspecified atom stereocenters. The van der Waals surface area contributed by atoms with Crippen LogP contribution in [0.15, 0.2) is 41.0 Å². The highest BCUT2D eigenvalue weighted by Crippen LogP contribution is 2.46. The lowest BCUT2D eigenvalue weighted by molar-refractivity contribution is -0.218. The third kappa shape index (κ3) is 4.73. The van der Waals surface area contributed by atoms with Crippen LogP contribution < -0.4 is 0 Å². The summed E-state index contributed by atoms with van der Waals surface area (Å²) in [5.74, 6) is -4.75. The number of likely N-dealkylation sites (tertiary alicyclic amines) is 1. The number of carbonyl (C=O) groups is 1. The van der Waals surface area contributed by atoms with Crippen molar-refractivity contribution in [3.63, 3.8) is 0 Å². The minimum Gasteiger partial charge on any atom is -0.394 e. The molecular formula is C26H26BrF3N4O5S. The number of benzene rings is 2. The minimum absolute atomic E-state index is 0.0482. The highest BCUT2D eigenvalue weighted by Gasteiger charge is 2.60. The zero-order valence-corrected chi connectivity index (χ0v) is 23.7. The molecule has 0 aliphatic carbocycles. The Labute approximate surface area is 241 Å². The SMILES string of the molecule is CCO[C@H]1[C@@H](S)O[C@H](CO)[C@H](O)C1(c1cc(Br)ccc1C(=O)N1CCC1)n1cc(-c2cc(F)c(F)c(F)c2)nn1. The molecule has 1 amide bonds. The van der Waals surface area contributed by atoms with E-state index in [1.807, 2.05) is 0 Å². The Hall–Kier alpha value is -2.49. The fourth-order valence-electron chi connectivity index (χ4n) is 5.23. The zero-order chi connectivity index (χ0) is 28.8. The third-order valence-electron chi connectivity index (χ3n) is 7.28. The molecule has 2 saturated heterocycles. The molecule has 5 rings (SSSR count). The number of hydrogen-bond donors (Lipinski definition) is 3. The number of ether oxygens (including phenoxy) is 2. The maximum Gasteiger partial charge on any atom is 0.254 e. The van der Waals surface area contributed by atoms with Gasteiger partial charge in [0.1, 0.15) is 35.0 Å². The number of halogens is 4. The van der Waals surface area contributed by atoms with E-state index < -0.39 is 53.3 Å². The average molecular weight is 643 g/mol. The molecule has 2 fully saturated rings. The van der Waals surface area contributed by atoms with Crippen LogP contribution in [0.25, 0.3) is 11.3 Å². The second-order valence-corrected chi connectivity index (χ2v) is 11.0. The van der Waals surface area contributed by atoms with Crippen molar-refractivity contribution in [3.8, 4) is 11.3 Å². The molecule has 2 N–H and O–H groups in total. The molecule has 40 heavy (non-hydrogen) atoms. The van der Waals surface area contributed by atoms with Crippen molar-refractivity contribution in [1.82, 2.24) is 19.9 Å². The highest BCUT2D eigenvalue weighted by atomic mass is 79.9. The smallest absolute Gasteiger partial charge is 0.254 e. The van der Waals surface area contributed by atoms with Gasteiger partial charge >= 0.3 is 0 Å². The Kier molecular flexibility index (Phi) is 8.28. The number of aliphatic hydroxyl groups excluding tert-OH is 2. The van der Waals surface area contributed by atoms with Crippen molar-refractivity contribution in [2.45, 2.75) is 42.6 Å². The fraction of sp³-hybridized carbons (Fsp3) is 0.423. The van der Waals surface area contributed by atoms with Crippen LogP contribution >= 0.6 is 28.6 Å². The van der Waals surface area contributed by atoms with Crippen molar-refractivity contribution < 1.29 is 37.7 Å². The van der Waals surface area contributed by atoms with Gasteiger partial charge in [0.15, 0.2) is 17.5 Å². The van der Waals surface area contributed by atoms with Crippen LogP contribution in [0.4, 0.5) is 13.2 Å². The van der Waals surface area contributed by atoms with Gasteiger partial charge in [0.2, 0.25) is 0 Å². The molecule has 0 spiro atoms. The number of carbonyl (C=O) groups excluding carboxylic acids is 1. The molecule has 2 aliphatic rings. The monoisotopic (exact) mass is 642 g/mol. The lowest BCUT2D eigenvalue weighted by Gasteiger charge is -2.52. The van der Waals surface area contributed by atoms with Gasteiger partial charge < -0.3 is 24.6 Å². The van der Waals surface area contributed by atoms with Crippen LogP contribution in [-0.2, 0) is 15.0 Å². The number of aromatic nitrogens is 3. The Morgan fingerprint density at radius 3 is 2.55 bits per heavy atom. The summed E-state index contributed by atoms with van der Waals surface area (Å²) in [6.45, 7) is 2.37.